The first-order chi connectivity index (χ1) is 8.63. The van der Waals surface area contributed by atoms with Crippen LogP contribution in [0.3, 0.4) is 0 Å². The highest BCUT2D eigenvalue weighted by Gasteiger charge is 2.17. The van der Waals surface area contributed by atoms with E-state index in [4.69, 9.17) is 0 Å². The number of rotatable bonds is 4. The van der Waals surface area contributed by atoms with Crippen molar-refractivity contribution in [1.82, 2.24) is 25.5 Å². The minimum absolute atomic E-state index is 0.000229. The maximum absolute atomic E-state index is 13.7. The molecule has 1 atom stereocenters. The molecule has 1 N–H and O–H groups in total. The number of aromatic nitrogens is 4. The second kappa shape index (κ2) is 5.18. The molecule has 0 spiro atoms. The van der Waals surface area contributed by atoms with Gasteiger partial charge in [-0.05, 0) is 36.0 Å². The summed E-state index contributed by atoms with van der Waals surface area (Å²) in [5.41, 5.74) is -0.000229. The second-order valence-corrected chi connectivity index (χ2v) is 3.82. The lowest BCUT2D eigenvalue weighted by atomic mass is 10.2. The maximum atomic E-state index is 13.7. The summed E-state index contributed by atoms with van der Waals surface area (Å²) < 4.78 is 28.0. The lowest BCUT2D eigenvalue weighted by Crippen LogP contribution is -2.22. The minimum atomic E-state index is -0.575. The van der Waals surface area contributed by atoms with Gasteiger partial charge >= 0.3 is 0 Å². The van der Waals surface area contributed by atoms with E-state index in [0.717, 1.165) is 24.7 Å². The van der Waals surface area contributed by atoms with Gasteiger partial charge in [0.15, 0.2) is 5.82 Å². The molecule has 0 aliphatic heterocycles. The highest BCUT2D eigenvalue weighted by atomic mass is 19.1. The van der Waals surface area contributed by atoms with Gasteiger partial charge in [0.1, 0.15) is 17.3 Å². The topological polar surface area (TPSA) is 55.6 Å². The second-order valence-electron chi connectivity index (χ2n) is 3.82. The first-order valence-corrected chi connectivity index (χ1v) is 5.60. The largest absolute Gasteiger partial charge is 0.308 e. The van der Waals surface area contributed by atoms with Crippen molar-refractivity contribution in [3.05, 3.63) is 35.7 Å². The average molecular weight is 253 g/mol. The Hall–Kier alpha value is -1.89. The molecule has 5 nitrogen and oxygen atoms in total. The van der Waals surface area contributed by atoms with Gasteiger partial charge in [-0.1, -0.05) is 6.92 Å². The SMILES string of the molecule is CCNC(C)c1nnnn1-c1cc(F)ccc1F. The van der Waals surface area contributed by atoms with Crippen LogP contribution in [0.2, 0.25) is 0 Å². The molecular weight excluding hydrogens is 240 g/mol. The van der Waals surface area contributed by atoms with Gasteiger partial charge in [0.25, 0.3) is 0 Å². The van der Waals surface area contributed by atoms with Crippen LogP contribution in [0.4, 0.5) is 8.78 Å². The molecule has 1 aromatic carbocycles. The van der Waals surface area contributed by atoms with Crippen molar-refractivity contribution in [1.29, 1.82) is 0 Å². The van der Waals surface area contributed by atoms with E-state index in [1.54, 1.807) is 0 Å². The average Bonchev–Trinajstić information content (AvgIpc) is 2.81. The lowest BCUT2D eigenvalue weighted by Gasteiger charge is -2.12. The van der Waals surface area contributed by atoms with E-state index in [9.17, 15) is 8.78 Å². The zero-order chi connectivity index (χ0) is 13.1. The molecule has 1 aromatic heterocycles. The molecule has 0 radical (unpaired) electrons. The molecule has 18 heavy (non-hydrogen) atoms. The standard InChI is InChI=1S/C11H13F2N5/c1-3-14-7(2)11-15-16-17-18(11)10-6-8(12)4-5-9(10)13/h4-7,14H,3H2,1-2H3. The predicted molar refractivity (Wildman–Crippen MR) is 61.2 cm³/mol. The van der Waals surface area contributed by atoms with Crippen molar-refractivity contribution >= 4 is 0 Å². The first-order valence-electron chi connectivity index (χ1n) is 5.60. The van der Waals surface area contributed by atoms with Crippen LogP contribution in [0.25, 0.3) is 5.69 Å². The van der Waals surface area contributed by atoms with E-state index in [0.29, 0.717) is 5.82 Å². The quantitative estimate of drug-likeness (QED) is 0.899. The van der Waals surface area contributed by atoms with Crippen molar-refractivity contribution < 1.29 is 8.78 Å². The van der Waals surface area contributed by atoms with E-state index < -0.39 is 11.6 Å². The van der Waals surface area contributed by atoms with E-state index >= 15 is 0 Å². The Morgan fingerprint density at radius 2 is 2.17 bits per heavy atom. The monoisotopic (exact) mass is 253 g/mol. The molecule has 2 rings (SSSR count). The van der Waals surface area contributed by atoms with E-state index in [1.165, 1.54) is 4.68 Å². The fourth-order valence-corrected chi connectivity index (χ4v) is 1.68. The Labute approximate surface area is 103 Å². The third kappa shape index (κ3) is 2.35. The van der Waals surface area contributed by atoms with Crippen LogP contribution in [0.5, 0.6) is 0 Å². The number of hydrogen-bond donors (Lipinski definition) is 1. The Morgan fingerprint density at radius 1 is 1.39 bits per heavy atom. The molecule has 0 bridgehead atoms. The van der Waals surface area contributed by atoms with Crippen LogP contribution < -0.4 is 5.32 Å². The normalized spacial score (nSPS) is 12.7. The van der Waals surface area contributed by atoms with Crippen LogP contribution in [0, 0.1) is 11.6 Å². The summed E-state index contributed by atoms with van der Waals surface area (Å²) in [7, 11) is 0. The van der Waals surface area contributed by atoms with Crippen molar-refractivity contribution in [2.24, 2.45) is 0 Å². The molecule has 96 valence electrons. The summed E-state index contributed by atoms with van der Waals surface area (Å²) in [6.07, 6.45) is 0. The number of benzene rings is 1. The van der Waals surface area contributed by atoms with Crippen LogP contribution in [-0.2, 0) is 0 Å². The zero-order valence-corrected chi connectivity index (χ0v) is 10.1. The highest BCUT2D eigenvalue weighted by molar-refractivity contribution is 5.33. The molecule has 0 saturated heterocycles. The molecule has 0 saturated carbocycles. The van der Waals surface area contributed by atoms with E-state index in [2.05, 4.69) is 20.8 Å². The van der Waals surface area contributed by atoms with Crippen LogP contribution in [0.15, 0.2) is 18.2 Å². The van der Waals surface area contributed by atoms with Crippen molar-refractivity contribution in [2.75, 3.05) is 6.54 Å². The van der Waals surface area contributed by atoms with Gasteiger partial charge in [-0.2, -0.15) is 4.68 Å². The summed E-state index contributed by atoms with van der Waals surface area (Å²) in [5, 5.41) is 14.2. The Morgan fingerprint density at radius 3 is 2.89 bits per heavy atom. The Balaban J connectivity index is 2.45. The first kappa shape index (κ1) is 12.6. The Bertz CT molecular complexity index is 540. The molecule has 0 aliphatic rings. The summed E-state index contributed by atoms with van der Waals surface area (Å²) in [4.78, 5) is 0. The molecular formula is C11H13F2N5. The van der Waals surface area contributed by atoms with Gasteiger partial charge in [0.05, 0.1) is 6.04 Å². The van der Waals surface area contributed by atoms with Crippen molar-refractivity contribution in [3.8, 4) is 5.69 Å². The highest BCUT2D eigenvalue weighted by Crippen LogP contribution is 2.17. The van der Waals surface area contributed by atoms with Gasteiger partial charge < -0.3 is 5.32 Å². The Kier molecular flexibility index (Phi) is 3.61. The minimum Gasteiger partial charge on any atom is -0.308 e. The smallest absolute Gasteiger partial charge is 0.173 e. The molecule has 0 aliphatic carbocycles. The van der Waals surface area contributed by atoms with E-state index in [-0.39, 0.29) is 11.7 Å². The van der Waals surface area contributed by atoms with Crippen LogP contribution in [0.1, 0.15) is 25.7 Å². The third-order valence-corrected chi connectivity index (χ3v) is 2.53. The number of halogens is 2. The number of nitrogens with zero attached hydrogens (tertiary/aromatic N) is 4. The molecule has 7 heteroatoms. The van der Waals surface area contributed by atoms with Gasteiger partial charge in [-0.15, -0.1) is 5.10 Å². The number of hydrogen-bond acceptors (Lipinski definition) is 4. The van der Waals surface area contributed by atoms with Crippen molar-refractivity contribution in [3.63, 3.8) is 0 Å². The molecule has 1 unspecified atom stereocenters. The zero-order valence-electron chi connectivity index (χ0n) is 10.1. The number of tetrazole rings is 1. The maximum Gasteiger partial charge on any atom is 0.173 e. The van der Waals surface area contributed by atoms with Gasteiger partial charge in [0.2, 0.25) is 0 Å². The summed E-state index contributed by atoms with van der Waals surface area (Å²) in [5.74, 6) is -0.682. The van der Waals surface area contributed by atoms with E-state index in [1.807, 2.05) is 13.8 Å². The lowest BCUT2D eigenvalue weighted by molar-refractivity contribution is 0.536. The summed E-state index contributed by atoms with van der Waals surface area (Å²) >= 11 is 0. The summed E-state index contributed by atoms with van der Waals surface area (Å²) in [6, 6.07) is 3.01. The fraction of sp³-hybridized carbons (Fsp3) is 0.364. The van der Waals surface area contributed by atoms with Gasteiger partial charge in [0, 0.05) is 6.07 Å². The van der Waals surface area contributed by atoms with Gasteiger partial charge in [-0.3, -0.25) is 0 Å². The van der Waals surface area contributed by atoms with Crippen molar-refractivity contribution in [2.45, 2.75) is 19.9 Å². The fourth-order valence-electron chi connectivity index (χ4n) is 1.68. The molecule has 2 aromatic rings. The molecule has 0 fully saturated rings. The van der Waals surface area contributed by atoms with Crippen LogP contribution >= 0.6 is 0 Å². The third-order valence-electron chi connectivity index (χ3n) is 2.53. The number of nitrogens with one attached hydrogen (secondary N) is 1. The van der Waals surface area contributed by atoms with Crippen LogP contribution in [-0.4, -0.2) is 26.8 Å². The summed E-state index contributed by atoms with van der Waals surface area (Å²) in [6.45, 7) is 4.51. The van der Waals surface area contributed by atoms with Gasteiger partial charge in [-0.25, -0.2) is 8.78 Å². The molecule has 0 amide bonds. The predicted octanol–water partition coefficient (Wildman–Crippen LogP) is 1.61. The molecule has 1 heterocycles.